The molecule has 0 aliphatic carbocycles. The topological polar surface area (TPSA) is 59.1 Å². The standard InChI is InChI=1S/C8H10F2N2O/c9-5-3-12-4-6(10)8(5)7(13)1-2-11/h3-4,7,13H,1-2,11H2. The molecule has 3 nitrogen and oxygen atoms in total. The lowest BCUT2D eigenvalue weighted by Gasteiger charge is -2.10. The van der Waals surface area contributed by atoms with Gasteiger partial charge in [0.05, 0.1) is 24.1 Å². The number of nitrogens with zero attached hydrogens (tertiary/aromatic N) is 1. The van der Waals surface area contributed by atoms with Crippen molar-refractivity contribution in [2.45, 2.75) is 12.5 Å². The number of aliphatic hydroxyl groups is 1. The first kappa shape index (κ1) is 10.0. The zero-order chi connectivity index (χ0) is 9.84. The molecular weight excluding hydrogens is 178 g/mol. The van der Waals surface area contributed by atoms with Crippen LogP contribution in [0.5, 0.6) is 0 Å². The molecule has 1 atom stereocenters. The molecule has 0 aliphatic heterocycles. The molecule has 1 heterocycles. The first-order chi connectivity index (χ1) is 6.16. The van der Waals surface area contributed by atoms with Crippen molar-refractivity contribution in [2.24, 2.45) is 5.73 Å². The summed E-state index contributed by atoms with van der Waals surface area (Å²) in [4.78, 5) is 3.29. The second-order valence-electron chi connectivity index (χ2n) is 2.61. The number of hydrogen-bond acceptors (Lipinski definition) is 3. The first-order valence-corrected chi connectivity index (χ1v) is 3.84. The van der Waals surface area contributed by atoms with Gasteiger partial charge in [0.15, 0.2) is 0 Å². The van der Waals surface area contributed by atoms with Gasteiger partial charge in [-0.1, -0.05) is 0 Å². The van der Waals surface area contributed by atoms with Crippen LogP contribution in [0.3, 0.4) is 0 Å². The molecule has 1 aromatic heterocycles. The van der Waals surface area contributed by atoms with Crippen molar-refractivity contribution < 1.29 is 13.9 Å². The Morgan fingerprint density at radius 1 is 1.38 bits per heavy atom. The van der Waals surface area contributed by atoms with Crippen LogP contribution in [0.4, 0.5) is 8.78 Å². The fraction of sp³-hybridized carbons (Fsp3) is 0.375. The molecule has 1 aromatic rings. The monoisotopic (exact) mass is 188 g/mol. The lowest BCUT2D eigenvalue weighted by molar-refractivity contribution is 0.160. The lowest BCUT2D eigenvalue weighted by atomic mass is 10.1. The van der Waals surface area contributed by atoms with Crippen LogP contribution in [0.1, 0.15) is 18.1 Å². The molecule has 0 aliphatic rings. The molecule has 5 heteroatoms. The summed E-state index contributed by atoms with van der Waals surface area (Å²) in [6.07, 6.45) is 0.640. The van der Waals surface area contributed by atoms with Crippen molar-refractivity contribution >= 4 is 0 Å². The Kier molecular flexibility index (Phi) is 3.27. The molecule has 1 rings (SSSR count). The van der Waals surface area contributed by atoms with Gasteiger partial charge in [0, 0.05) is 0 Å². The minimum absolute atomic E-state index is 0.123. The molecule has 0 fully saturated rings. The molecule has 0 bridgehead atoms. The molecule has 0 saturated carbocycles. The molecule has 13 heavy (non-hydrogen) atoms. The van der Waals surface area contributed by atoms with Gasteiger partial charge >= 0.3 is 0 Å². The Labute approximate surface area is 74.2 Å². The van der Waals surface area contributed by atoms with Crippen molar-refractivity contribution in [3.63, 3.8) is 0 Å². The molecule has 0 spiro atoms. The van der Waals surface area contributed by atoms with Crippen LogP contribution in [0, 0.1) is 11.6 Å². The summed E-state index contributed by atoms with van der Waals surface area (Å²) < 4.78 is 25.8. The van der Waals surface area contributed by atoms with Gasteiger partial charge < -0.3 is 10.8 Å². The summed E-state index contributed by atoms with van der Waals surface area (Å²) >= 11 is 0. The van der Waals surface area contributed by atoms with E-state index in [2.05, 4.69) is 4.98 Å². The molecule has 0 aromatic carbocycles. The largest absolute Gasteiger partial charge is 0.388 e. The van der Waals surface area contributed by atoms with Crippen molar-refractivity contribution in [3.8, 4) is 0 Å². The smallest absolute Gasteiger partial charge is 0.150 e. The maximum absolute atomic E-state index is 12.9. The number of pyridine rings is 1. The fourth-order valence-electron chi connectivity index (χ4n) is 1.04. The predicted molar refractivity (Wildman–Crippen MR) is 42.8 cm³/mol. The zero-order valence-electron chi connectivity index (χ0n) is 6.87. The second-order valence-corrected chi connectivity index (χ2v) is 2.61. The van der Waals surface area contributed by atoms with Gasteiger partial charge in [-0.3, -0.25) is 4.98 Å². The third kappa shape index (κ3) is 2.19. The highest BCUT2D eigenvalue weighted by atomic mass is 19.1. The summed E-state index contributed by atoms with van der Waals surface area (Å²) in [5, 5.41) is 9.29. The molecule has 0 amide bonds. The number of aromatic nitrogens is 1. The quantitative estimate of drug-likeness (QED) is 0.735. The van der Waals surface area contributed by atoms with E-state index in [9.17, 15) is 13.9 Å². The Bertz CT molecular complexity index is 273. The molecule has 0 radical (unpaired) electrons. The van der Waals surface area contributed by atoms with E-state index in [1.807, 2.05) is 0 Å². The van der Waals surface area contributed by atoms with Crippen molar-refractivity contribution in [1.82, 2.24) is 4.98 Å². The highest BCUT2D eigenvalue weighted by Gasteiger charge is 2.17. The minimum atomic E-state index is -1.20. The highest BCUT2D eigenvalue weighted by Crippen LogP contribution is 2.21. The lowest BCUT2D eigenvalue weighted by Crippen LogP contribution is -2.10. The second kappa shape index (κ2) is 4.25. The predicted octanol–water partition coefficient (Wildman–Crippen LogP) is 0.742. The van der Waals surface area contributed by atoms with E-state index in [0.29, 0.717) is 0 Å². The average molecular weight is 188 g/mol. The molecular formula is C8H10F2N2O. The Balaban J connectivity index is 2.98. The van der Waals surface area contributed by atoms with Gasteiger partial charge in [0.1, 0.15) is 11.6 Å². The van der Waals surface area contributed by atoms with Gasteiger partial charge in [-0.15, -0.1) is 0 Å². The summed E-state index contributed by atoms with van der Waals surface area (Å²) in [5.41, 5.74) is 4.79. The van der Waals surface area contributed by atoms with Crippen molar-refractivity contribution in [1.29, 1.82) is 0 Å². The normalized spacial score (nSPS) is 12.9. The zero-order valence-corrected chi connectivity index (χ0v) is 6.87. The Morgan fingerprint density at radius 3 is 2.38 bits per heavy atom. The first-order valence-electron chi connectivity index (χ1n) is 3.84. The number of aliphatic hydroxyl groups excluding tert-OH is 1. The summed E-state index contributed by atoms with van der Waals surface area (Å²) in [6, 6.07) is 0. The molecule has 3 N–H and O–H groups in total. The molecule has 0 saturated heterocycles. The third-order valence-electron chi connectivity index (χ3n) is 1.66. The SMILES string of the molecule is NCCC(O)c1c(F)cncc1F. The van der Waals surface area contributed by atoms with E-state index in [0.717, 1.165) is 12.4 Å². The van der Waals surface area contributed by atoms with Crippen molar-refractivity contribution in [3.05, 3.63) is 29.6 Å². The van der Waals surface area contributed by atoms with Crippen LogP contribution in [0.15, 0.2) is 12.4 Å². The van der Waals surface area contributed by atoms with E-state index >= 15 is 0 Å². The van der Waals surface area contributed by atoms with E-state index < -0.39 is 17.7 Å². The maximum Gasteiger partial charge on any atom is 0.150 e. The minimum Gasteiger partial charge on any atom is -0.388 e. The summed E-state index contributed by atoms with van der Waals surface area (Å²) in [7, 11) is 0. The van der Waals surface area contributed by atoms with Crippen LogP contribution in [0.2, 0.25) is 0 Å². The summed E-state index contributed by atoms with van der Waals surface area (Å²) in [6.45, 7) is 0.169. The van der Waals surface area contributed by atoms with E-state index in [1.165, 1.54) is 0 Å². The molecule has 72 valence electrons. The number of halogens is 2. The Hall–Kier alpha value is -1.07. The van der Waals surface area contributed by atoms with E-state index in [-0.39, 0.29) is 18.5 Å². The Morgan fingerprint density at radius 2 is 1.92 bits per heavy atom. The van der Waals surface area contributed by atoms with Crippen LogP contribution in [-0.2, 0) is 0 Å². The summed E-state index contributed by atoms with van der Waals surface area (Å²) in [5.74, 6) is -1.69. The third-order valence-corrected chi connectivity index (χ3v) is 1.66. The van der Waals surface area contributed by atoms with Gasteiger partial charge in [-0.2, -0.15) is 0 Å². The van der Waals surface area contributed by atoms with Crippen LogP contribution < -0.4 is 5.73 Å². The molecule has 1 unspecified atom stereocenters. The van der Waals surface area contributed by atoms with Crippen molar-refractivity contribution in [2.75, 3.05) is 6.54 Å². The maximum atomic E-state index is 12.9. The van der Waals surface area contributed by atoms with Crippen LogP contribution in [0.25, 0.3) is 0 Å². The highest BCUT2D eigenvalue weighted by molar-refractivity contribution is 5.17. The fourth-order valence-corrected chi connectivity index (χ4v) is 1.04. The number of rotatable bonds is 3. The van der Waals surface area contributed by atoms with Crippen LogP contribution in [-0.4, -0.2) is 16.6 Å². The average Bonchev–Trinajstić information content (AvgIpc) is 2.04. The number of hydrogen-bond donors (Lipinski definition) is 2. The van der Waals surface area contributed by atoms with Gasteiger partial charge in [0.25, 0.3) is 0 Å². The van der Waals surface area contributed by atoms with E-state index in [1.54, 1.807) is 0 Å². The van der Waals surface area contributed by atoms with Gasteiger partial charge in [-0.25, -0.2) is 8.78 Å². The van der Waals surface area contributed by atoms with Crippen LogP contribution >= 0.6 is 0 Å². The number of nitrogens with two attached hydrogens (primary N) is 1. The van der Waals surface area contributed by atoms with Gasteiger partial charge in [0.2, 0.25) is 0 Å². The van der Waals surface area contributed by atoms with E-state index in [4.69, 9.17) is 5.73 Å². The van der Waals surface area contributed by atoms with Gasteiger partial charge in [-0.05, 0) is 13.0 Å².